The fourth-order valence-electron chi connectivity index (χ4n) is 1.57. The number of hydrogen-bond donors (Lipinski definition) is 1. The van der Waals surface area contributed by atoms with Crippen LogP contribution in [0.25, 0.3) is 0 Å². The molecule has 0 aliphatic rings. The first-order chi connectivity index (χ1) is 7.40. The second-order valence-electron chi connectivity index (χ2n) is 3.91. The van der Waals surface area contributed by atoms with Gasteiger partial charge in [-0.1, -0.05) is 18.2 Å². The molecule has 1 N–H and O–H groups in total. The Kier molecular flexibility index (Phi) is 4.35. The van der Waals surface area contributed by atoms with E-state index in [-0.39, 0.29) is 6.54 Å². The van der Waals surface area contributed by atoms with Gasteiger partial charge >= 0.3 is 6.18 Å². The molecule has 0 unspecified atom stereocenters. The molecule has 0 amide bonds. The summed E-state index contributed by atoms with van der Waals surface area (Å²) in [6.07, 6.45) is -4.86. The normalized spacial score (nSPS) is 11.8. The number of halogens is 3. The molecule has 0 heterocycles. The van der Waals surface area contributed by atoms with Crippen LogP contribution >= 0.6 is 0 Å². The Balaban J connectivity index is 2.43. The van der Waals surface area contributed by atoms with Crippen LogP contribution in [0.4, 0.5) is 13.2 Å². The molecule has 0 fully saturated rings. The molecule has 90 valence electrons. The van der Waals surface area contributed by atoms with Gasteiger partial charge in [-0.25, -0.2) is 0 Å². The smallest absolute Gasteiger partial charge is 0.312 e. The molecule has 0 bridgehead atoms. The molecule has 4 heteroatoms. The SMILES string of the molecule is Cc1cccc(C)c1CNCCC(F)(F)F. The molecule has 0 aliphatic carbocycles. The van der Waals surface area contributed by atoms with E-state index in [2.05, 4.69) is 5.32 Å². The summed E-state index contributed by atoms with van der Waals surface area (Å²) in [5, 5.41) is 2.82. The first-order valence-electron chi connectivity index (χ1n) is 5.23. The molecule has 0 aromatic heterocycles. The van der Waals surface area contributed by atoms with Gasteiger partial charge in [0.25, 0.3) is 0 Å². The lowest BCUT2D eigenvalue weighted by atomic mass is 10.0. The Hall–Kier alpha value is -1.03. The van der Waals surface area contributed by atoms with Crippen molar-refractivity contribution < 1.29 is 13.2 Å². The third kappa shape index (κ3) is 4.23. The van der Waals surface area contributed by atoms with Crippen LogP contribution < -0.4 is 5.32 Å². The quantitative estimate of drug-likeness (QED) is 0.783. The second-order valence-corrected chi connectivity index (χ2v) is 3.91. The van der Waals surface area contributed by atoms with Crippen molar-refractivity contribution in [2.75, 3.05) is 6.54 Å². The van der Waals surface area contributed by atoms with E-state index < -0.39 is 12.6 Å². The molecule has 1 rings (SSSR count). The van der Waals surface area contributed by atoms with Crippen LogP contribution in [0.5, 0.6) is 0 Å². The predicted molar refractivity (Wildman–Crippen MR) is 58.3 cm³/mol. The van der Waals surface area contributed by atoms with Crippen LogP contribution in [0.3, 0.4) is 0 Å². The summed E-state index contributed by atoms with van der Waals surface area (Å²) >= 11 is 0. The van der Waals surface area contributed by atoms with Gasteiger partial charge in [0, 0.05) is 13.1 Å². The van der Waals surface area contributed by atoms with Gasteiger partial charge in [-0.15, -0.1) is 0 Å². The lowest BCUT2D eigenvalue weighted by molar-refractivity contribution is -0.133. The summed E-state index contributed by atoms with van der Waals surface area (Å²) in [6, 6.07) is 5.88. The van der Waals surface area contributed by atoms with Crippen LogP contribution in [-0.4, -0.2) is 12.7 Å². The van der Waals surface area contributed by atoms with E-state index in [0.29, 0.717) is 6.54 Å². The summed E-state index contributed by atoms with van der Waals surface area (Å²) in [7, 11) is 0. The van der Waals surface area contributed by atoms with Gasteiger partial charge in [-0.3, -0.25) is 0 Å². The summed E-state index contributed by atoms with van der Waals surface area (Å²) in [4.78, 5) is 0. The van der Waals surface area contributed by atoms with Crippen molar-refractivity contribution in [2.24, 2.45) is 0 Å². The van der Waals surface area contributed by atoms with E-state index in [4.69, 9.17) is 0 Å². The molecule has 1 aromatic rings. The van der Waals surface area contributed by atoms with Crippen molar-refractivity contribution in [3.8, 4) is 0 Å². The number of nitrogens with one attached hydrogen (secondary N) is 1. The molecule has 0 spiro atoms. The van der Waals surface area contributed by atoms with E-state index in [1.165, 1.54) is 0 Å². The fourth-order valence-corrected chi connectivity index (χ4v) is 1.57. The molecule has 0 atom stereocenters. The van der Waals surface area contributed by atoms with Crippen LogP contribution in [0.15, 0.2) is 18.2 Å². The maximum atomic E-state index is 11.9. The van der Waals surface area contributed by atoms with E-state index in [1.54, 1.807) is 0 Å². The third-order valence-corrected chi connectivity index (χ3v) is 2.53. The second kappa shape index (κ2) is 5.34. The molecular formula is C12H16F3N. The van der Waals surface area contributed by atoms with Crippen molar-refractivity contribution in [3.63, 3.8) is 0 Å². The van der Waals surface area contributed by atoms with E-state index in [1.807, 2.05) is 32.0 Å². The minimum absolute atomic E-state index is 0.0305. The summed E-state index contributed by atoms with van der Waals surface area (Å²) < 4.78 is 35.7. The average molecular weight is 231 g/mol. The molecule has 0 aliphatic heterocycles. The molecular weight excluding hydrogens is 215 g/mol. The Morgan fingerprint density at radius 2 is 1.69 bits per heavy atom. The largest absolute Gasteiger partial charge is 0.390 e. The summed E-state index contributed by atoms with van der Waals surface area (Å²) in [5.41, 5.74) is 3.31. The zero-order chi connectivity index (χ0) is 12.2. The Morgan fingerprint density at radius 1 is 1.12 bits per heavy atom. The summed E-state index contributed by atoms with van der Waals surface area (Å²) in [5.74, 6) is 0. The number of aryl methyl sites for hydroxylation is 2. The van der Waals surface area contributed by atoms with Gasteiger partial charge < -0.3 is 5.32 Å². The Bertz CT molecular complexity index is 324. The highest BCUT2D eigenvalue weighted by molar-refractivity contribution is 5.33. The van der Waals surface area contributed by atoms with Gasteiger partial charge in [0.1, 0.15) is 0 Å². The number of rotatable bonds is 4. The van der Waals surface area contributed by atoms with Gasteiger partial charge in [0.15, 0.2) is 0 Å². The van der Waals surface area contributed by atoms with Gasteiger partial charge in [-0.2, -0.15) is 13.2 Å². The van der Waals surface area contributed by atoms with Crippen molar-refractivity contribution in [3.05, 3.63) is 34.9 Å². The number of hydrogen-bond acceptors (Lipinski definition) is 1. The van der Waals surface area contributed by atoms with Crippen molar-refractivity contribution in [1.82, 2.24) is 5.32 Å². The summed E-state index contributed by atoms with van der Waals surface area (Å²) in [6.45, 7) is 4.40. The highest BCUT2D eigenvalue weighted by Crippen LogP contribution is 2.18. The Labute approximate surface area is 93.7 Å². The minimum Gasteiger partial charge on any atom is -0.312 e. The molecule has 0 saturated heterocycles. The van der Waals surface area contributed by atoms with Crippen LogP contribution in [-0.2, 0) is 6.54 Å². The zero-order valence-corrected chi connectivity index (χ0v) is 9.49. The lowest BCUT2D eigenvalue weighted by Gasteiger charge is -2.11. The van der Waals surface area contributed by atoms with Gasteiger partial charge in [0.05, 0.1) is 6.42 Å². The lowest BCUT2D eigenvalue weighted by Crippen LogP contribution is -2.22. The van der Waals surface area contributed by atoms with Crippen molar-refractivity contribution in [2.45, 2.75) is 33.0 Å². The topological polar surface area (TPSA) is 12.0 Å². The average Bonchev–Trinajstić information content (AvgIpc) is 2.14. The molecule has 16 heavy (non-hydrogen) atoms. The van der Waals surface area contributed by atoms with Crippen molar-refractivity contribution in [1.29, 1.82) is 0 Å². The monoisotopic (exact) mass is 231 g/mol. The van der Waals surface area contributed by atoms with E-state index in [0.717, 1.165) is 16.7 Å². The van der Waals surface area contributed by atoms with E-state index >= 15 is 0 Å². The molecule has 1 aromatic carbocycles. The highest BCUT2D eigenvalue weighted by atomic mass is 19.4. The van der Waals surface area contributed by atoms with Crippen molar-refractivity contribution >= 4 is 0 Å². The highest BCUT2D eigenvalue weighted by Gasteiger charge is 2.25. The molecule has 0 radical (unpaired) electrons. The maximum Gasteiger partial charge on any atom is 0.390 e. The minimum atomic E-state index is -4.08. The van der Waals surface area contributed by atoms with Gasteiger partial charge in [-0.05, 0) is 30.5 Å². The number of alkyl halides is 3. The Morgan fingerprint density at radius 3 is 2.19 bits per heavy atom. The standard InChI is InChI=1S/C12H16F3N/c1-9-4-3-5-10(2)11(9)8-16-7-6-12(13,14)15/h3-5,16H,6-8H2,1-2H3. The first kappa shape index (κ1) is 13.0. The first-order valence-corrected chi connectivity index (χ1v) is 5.23. The van der Waals surface area contributed by atoms with Crippen LogP contribution in [0.1, 0.15) is 23.1 Å². The molecule has 0 saturated carbocycles. The predicted octanol–water partition coefficient (Wildman–Crippen LogP) is 3.35. The zero-order valence-electron chi connectivity index (χ0n) is 9.49. The third-order valence-electron chi connectivity index (χ3n) is 2.53. The van der Waals surface area contributed by atoms with E-state index in [9.17, 15) is 13.2 Å². The maximum absolute atomic E-state index is 11.9. The number of benzene rings is 1. The van der Waals surface area contributed by atoms with Gasteiger partial charge in [0.2, 0.25) is 0 Å². The molecule has 1 nitrogen and oxygen atoms in total. The van der Waals surface area contributed by atoms with Crippen LogP contribution in [0, 0.1) is 13.8 Å². The van der Waals surface area contributed by atoms with Crippen LogP contribution in [0.2, 0.25) is 0 Å². The fraction of sp³-hybridized carbons (Fsp3) is 0.500.